The Kier molecular flexibility index (Phi) is 4.31. The third-order valence-electron chi connectivity index (χ3n) is 3.21. The average molecular weight is 260 g/mol. The quantitative estimate of drug-likeness (QED) is 0.713. The molecule has 0 aromatic heterocycles. The molecule has 0 radical (unpaired) electrons. The van der Waals surface area contributed by atoms with E-state index in [9.17, 15) is 8.78 Å². The molecule has 2 rings (SSSR count). The van der Waals surface area contributed by atoms with E-state index in [0.717, 1.165) is 17.5 Å². The van der Waals surface area contributed by atoms with E-state index in [1.54, 1.807) is 12.1 Å². The Morgan fingerprint density at radius 1 is 0.842 bits per heavy atom. The van der Waals surface area contributed by atoms with Crippen molar-refractivity contribution < 1.29 is 8.78 Å². The van der Waals surface area contributed by atoms with Gasteiger partial charge in [0.25, 0.3) is 0 Å². The summed E-state index contributed by atoms with van der Waals surface area (Å²) in [5.41, 5.74) is 1.80. The summed E-state index contributed by atoms with van der Waals surface area (Å²) in [6.45, 7) is 4.23. The van der Waals surface area contributed by atoms with E-state index < -0.39 is 0 Å². The Hall–Kier alpha value is -1.70. The summed E-state index contributed by atoms with van der Waals surface area (Å²) in [7, 11) is 0. The van der Waals surface area contributed by atoms with Crippen LogP contribution in [0.5, 0.6) is 0 Å². The third-order valence-corrected chi connectivity index (χ3v) is 3.21. The van der Waals surface area contributed by atoms with Crippen LogP contribution >= 0.6 is 0 Å². The first-order valence-corrected chi connectivity index (χ1v) is 6.57. The summed E-state index contributed by atoms with van der Waals surface area (Å²) >= 11 is 0. The standard InChI is InChI=1S/C17H18F2/c1-12(2)9-17(13-5-3-7-15(18)10-13)14-6-4-8-16(19)11-14/h3-8,10-12,17H,9H2,1-2H3. The number of halogens is 2. The average Bonchev–Trinajstić information content (AvgIpc) is 2.35. The first kappa shape index (κ1) is 13.7. The second-order valence-corrected chi connectivity index (χ2v) is 5.29. The maximum absolute atomic E-state index is 13.4. The molecule has 0 atom stereocenters. The predicted octanol–water partition coefficient (Wildman–Crippen LogP) is 5.14. The van der Waals surface area contributed by atoms with Gasteiger partial charge in [0.1, 0.15) is 11.6 Å². The minimum atomic E-state index is -0.248. The van der Waals surface area contributed by atoms with Gasteiger partial charge in [-0.15, -0.1) is 0 Å². The van der Waals surface area contributed by atoms with Crippen LogP contribution in [0.25, 0.3) is 0 Å². The van der Waals surface area contributed by atoms with E-state index in [-0.39, 0.29) is 17.6 Å². The molecule has 2 heteroatoms. The molecule has 0 nitrogen and oxygen atoms in total. The van der Waals surface area contributed by atoms with Crippen molar-refractivity contribution in [3.05, 3.63) is 71.3 Å². The van der Waals surface area contributed by atoms with Crippen LogP contribution < -0.4 is 0 Å². The Bertz CT molecular complexity index is 501. The molecule has 0 saturated carbocycles. The van der Waals surface area contributed by atoms with Crippen LogP contribution in [0.15, 0.2) is 48.5 Å². The molecule has 0 heterocycles. The lowest BCUT2D eigenvalue weighted by atomic mass is 9.84. The molecule has 0 aliphatic heterocycles. The summed E-state index contributed by atoms with van der Waals surface area (Å²) in [5, 5.41) is 0. The fraction of sp³-hybridized carbons (Fsp3) is 0.294. The maximum atomic E-state index is 13.4. The zero-order valence-corrected chi connectivity index (χ0v) is 11.2. The topological polar surface area (TPSA) is 0 Å². The molecule has 0 aliphatic carbocycles. The van der Waals surface area contributed by atoms with Crippen molar-refractivity contribution in [2.45, 2.75) is 26.2 Å². The van der Waals surface area contributed by atoms with Gasteiger partial charge >= 0.3 is 0 Å². The van der Waals surface area contributed by atoms with Crippen LogP contribution in [0.4, 0.5) is 8.78 Å². The molecule has 2 aromatic rings. The van der Waals surface area contributed by atoms with Crippen LogP contribution in [0, 0.1) is 17.6 Å². The Morgan fingerprint density at radius 2 is 1.32 bits per heavy atom. The number of rotatable bonds is 4. The van der Waals surface area contributed by atoms with Crippen molar-refractivity contribution in [2.24, 2.45) is 5.92 Å². The van der Waals surface area contributed by atoms with E-state index in [2.05, 4.69) is 13.8 Å². The molecule has 100 valence electrons. The number of benzene rings is 2. The number of hydrogen-bond acceptors (Lipinski definition) is 0. The van der Waals surface area contributed by atoms with Gasteiger partial charge in [0.2, 0.25) is 0 Å². The molecule has 0 aliphatic rings. The SMILES string of the molecule is CC(C)CC(c1cccc(F)c1)c1cccc(F)c1. The summed E-state index contributed by atoms with van der Waals surface area (Å²) in [4.78, 5) is 0. The van der Waals surface area contributed by atoms with Crippen molar-refractivity contribution >= 4 is 0 Å². The van der Waals surface area contributed by atoms with Gasteiger partial charge in [-0.1, -0.05) is 38.1 Å². The molecule has 2 aromatic carbocycles. The van der Waals surface area contributed by atoms with Crippen LogP contribution in [-0.4, -0.2) is 0 Å². The van der Waals surface area contributed by atoms with E-state index >= 15 is 0 Å². The van der Waals surface area contributed by atoms with Crippen LogP contribution in [0.2, 0.25) is 0 Å². The van der Waals surface area contributed by atoms with Crippen LogP contribution in [-0.2, 0) is 0 Å². The molecule has 0 N–H and O–H groups in total. The molecule has 0 fully saturated rings. The lowest BCUT2D eigenvalue weighted by Crippen LogP contribution is -2.05. The molecular weight excluding hydrogens is 242 g/mol. The summed E-state index contributed by atoms with van der Waals surface area (Å²) in [6, 6.07) is 13.2. The largest absolute Gasteiger partial charge is 0.207 e. The van der Waals surface area contributed by atoms with E-state index in [1.807, 2.05) is 12.1 Å². The van der Waals surface area contributed by atoms with Gasteiger partial charge in [-0.3, -0.25) is 0 Å². The first-order chi connectivity index (χ1) is 9.06. The predicted molar refractivity (Wildman–Crippen MR) is 74.1 cm³/mol. The molecular formula is C17H18F2. The Balaban J connectivity index is 2.41. The van der Waals surface area contributed by atoms with Crippen molar-refractivity contribution in [1.29, 1.82) is 0 Å². The smallest absolute Gasteiger partial charge is 0.123 e. The Morgan fingerprint density at radius 3 is 1.68 bits per heavy atom. The molecule has 0 bridgehead atoms. The van der Waals surface area contributed by atoms with E-state index in [4.69, 9.17) is 0 Å². The highest BCUT2D eigenvalue weighted by Gasteiger charge is 2.16. The third kappa shape index (κ3) is 3.63. The summed E-state index contributed by atoms with van der Waals surface area (Å²) in [5.74, 6) is -0.00625. The summed E-state index contributed by atoms with van der Waals surface area (Å²) in [6.07, 6.45) is 0.868. The van der Waals surface area contributed by atoms with E-state index in [1.165, 1.54) is 24.3 Å². The lowest BCUT2D eigenvalue weighted by Gasteiger charge is -2.20. The van der Waals surface area contributed by atoms with Gasteiger partial charge in [-0.2, -0.15) is 0 Å². The van der Waals surface area contributed by atoms with Gasteiger partial charge in [-0.05, 0) is 47.7 Å². The van der Waals surface area contributed by atoms with Crippen molar-refractivity contribution in [3.8, 4) is 0 Å². The van der Waals surface area contributed by atoms with Gasteiger partial charge in [-0.25, -0.2) is 8.78 Å². The monoisotopic (exact) mass is 260 g/mol. The van der Waals surface area contributed by atoms with E-state index in [0.29, 0.717) is 5.92 Å². The summed E-state index contributed by atoms with van der Waals surface area (Å²) < 4.78 is 26.8. The van der Waals surface area contributed by atoms with Crippen molar-refractivity contribution in [1.82, 2.24) is 0 Å². The number of hydrogen-bond donors (Lipinski definition) is 0. The first-order valence-electron chi connectivity index (χ1n) is 6.57. The Labute approximate surface area is 113 Å². The van der Waals surface area contributed by atoms with Gasteiger partial charge in [0.05, 0.1) is 0 Å². The molecule has 0 saturated heterocycles. The zero-order valence-electron chi connectivity index (χ0n) is 11.2. The highest BCUT2D eigenvalue weighted by molar-refractivity contribution is 5.33. The molecule has 0 unspecified atom stereocenters. The molecule has 0 spiro atoms. The van der Waals surface area contributed by atoms with Crippen LogP contribution in [0.3, 0.4) is 0 Å². The fourth-order valence-electron chi connectivity index (χ4n) is 2.38. The highest BCUT2D eigenvalue weighted by atomic mass is 19.1. The van der Waals surface area contributed by atoms with Gasteiger partial charge in [0, 0.05) is 5.92 Å². The fourth-order valence-corrected chi connectivity index (χ4v) is 2.38. The second kappa shape index (κ2) is 5.96. The normalized spacial score (nSPS) is 11.3. The lowest BCUT2D eigenvalue weighted by molar-refractivity contribution is 0.535. The van der Waals surface area contributed by atoms with Gasteiger partial charge in [0.15, 0.2) is 0 Å². The van der Waals surface area contributed by atoms with Crippen molar-refractivity contribution in [2.75, 3.05) is 0 Å². The van der Waals surface area contributed by atoms with Crippen molar-refractivity contribution in [3.63, 3.8) is 0 Å². The molecule has 0 amide bonds. The second-order valence-electron chi connectivity index (χ2n) is 5.29. The maximum Gasteiger partial charge on any atom is 0.123 e. The highest BCUT2D eigenvalue weighted by Crippen LogP contribution is 2.31. The minimum absolute atomic E-state index is 0.0337. The minimum Gasteiger partial charge on any atom is -0.207 e. The van der Waals surface area contributed by atoms with Gasteiger partial charge < -0.3 is 0 Å². The zero-order chi connectivity index (χ0) is 13.8. The van der Waals surface area contributed by atoms with Crippen LogP contribution in [0.1, 0.15) is 37.3 Å². The molecule has 19 heavy (non-hydrogen) atoms.